The van der Waals surface area contributed by atoms with Crippen LogP contribution in [0.3, 0.4) is 0 Å². The lowest BCUT2D eigenvalue weighted by atomic mass is 10.2. The zero-order valence-electron chi connectivity index (χ0n) is 10.3. The van der Waals surface area contributed by atoms with Crippen molar-refractivity contribution in [2.75, 3.05) is 11.8 Å². The highest BCUT2D eigenvalue weighted by atomic mass is 32.2. The number of methoxy groups -OCH3 is 1. The lowest BCUT2D eigenvalue weighted by Gasteiger charge is -2.10. The van der Waals surface area contributed by atoms with Crippen molar-refractivity contribution in [3.05, 3.63) is 48.4 Å². The zero-order chi connectivity index (χ0) is 13.7. The van der Waals surface area contributed by atoms with E-state index in [0.29, 0.717) is 5.56 Å². The first-order chi connectivity index (χ1) is 9.13. The van der Waals surface area contributed by atoms with Crippen LogP contribution in [0.25, 0.3) is 0 Å². The summed E-state index contributed by atoms with van der Waals surface area (Å²) in [4.78, 5) is 7.74. The second-order valence-corrected chi connectivity index (χ2v) is 5.39. The van der Waals surface area contributed by atoms with Crippen LogP contribution >= 0.6 is 0 Å². The topological polar surface area (TPSA) is 81.2 Å². The van der Waals surface area contributed by atoms with E-state index >= 15 is 0 Å². The molecule has 0 aliphatic rings. The molecule has 100 valence electrons. The summed E-state index contributed by atoms with van der Waals surface area (Å²) >= 11 is 0. The predicted molar refractivity (Wildman–Crippen MR) is 70.0 cm³/mol. The number of nitrogens with zero attached hydrogens (tertiary/aromatic N) is 2. The van der Waals surface area contributed by atoms with E-state index in [2.05, 4.69) is 14.7 Å². The number of hydrogen-bond acceptors (Lipinski definition) is 5. The second-order valence-electron chi connectivity index (χ2n) is 3.74. The first-order valence-corrected chi connectivity index (χ1v) is 6.97. The van der Waals surface area contributed by atoms with Crippen molar-refractivity contribution in [3.63, 3.8) is 0 Å². The van der Waals surface area contributed by atoms with Gasteiger partial charge in [-0.3, -0.25) is 4.72 Å². The maximum absolute atomic E-state index is 12.3. The number of anilines is 1. The highest BCUT2D eigenvalue weighted by Crippen LogP contribution is 2.18. The van der Waals surface area contributed by atoms with Crippen LogP contribution in [-0.2, 0) is 21.4 Å². The molecule has 2 aromatic rings. The predicted octanol–water partition coefficient (Wildman–Crippen LogP) is 1.42. The molecule has 0 radical (unpaired) electrons. The first kappa shape index (κ1) is 13.4. The third-order valence-corrected chi connectivity index (χ3v) is 3.84. The van der Waals surface area contributed by atoms with Crippen molar-refractivity contribution in [3.8, 4) is 0 Å². The highest BCUT2D eigenvalue weighted by molar-refractivity contribution is 7.92. The average molecular weight is 279 g/mol. The highest BCUT2D eigenvalue weighted by Gasteiger charge is 2.18. The van der Waals surface area contributed by atoms with Gasteiger partial charge in [0.05, 0.1) is 11.5 Å². The summed E-state index contributed by atoms with van der Waals surface area (Å²) in [7, 11) is -2.17. The molecule has 0 aliphatic heterocycles. The number of benzene rings is 1. The van der Waals surface area contributed by atoms with Gasteiger partial charge in [0.25, 0.3) is 10.0 Å². The van der Waals surface area contributed by atoms with E-state index in [1.165, 1.54) is 31.8 Å². The molecule has 6 nitrogen and oxygen atoms in total. The smallest absolute Gasteiger partial charge is 0.263 e. The molecule has 0 saturated heterocycles. The van der Waals surface area contributed by atoms with Crippen LogP contribution in [0, 0.1) is 0 Å². The van der Waals surface area contributed by atoms with Crippen molar-refractivity contribution in [2.24, 2.45) is 0 Å². The van der Waals surface area contributed by atoms with E-state index in [-0.39, 0.29) is 17.3 Å². The van der Waals surface area contributed by atoms with Gasteiger partial charge >= 0.3 is 0 Å². The Labute approximate surface area is 111 Å². The molecule has 1 heterocycles. The van der Waals surface area contributed by atoms with E-state index in [0.717, 1.165) is 0 Å². The summed E-state index contributed by atoms with van der Waals surface area (Å²) in [5.41, 5.74) is 0.589. The number of ether oxygens (including phenoxy) is 1. The van der Waals surface area contributed by atoms with Gasteiger partial charge < -0.3 is 4.74 Å². The van der Waals surface area contributed by atoms with Gasteiger partial charge in [-0.2, -0.15) is 0 Å². The van der Waals surface area contributed by atoms with E-state index in [1.807, 2.05) is 0 Å². The molecule has 7 heteroatoms. The van der Waals surface area contributed by atoms with Gasteiger partial charge in [-0.15, -0.1) is 0 Å². The van der Waals surface area contributed by atoms with Crippen LogP contribution in [-0.4, -0.2) is 25.5 Å². The van der Waals surface area contributed by atoms with Crippen molar-refractivity contribution >= 4 is 15.8 Å². The van der Waals surface area contributed by atoms with Crippen molar-refractivity contribution in [1.29, 1.82) is 0 Å². The largest absolute Gasteiger partial charge is 0.380 e. The second kappa shape index (κ2) is 5.77. The van der Waals surface area contributed by atoms with Crippen molar-refractivity contribution in [2.45, 2.75) is 11.5 Å². The fraction of sp³-hybridized carbons (Fsp3) is 0.167. The third-order valence-electron chi connectivity index (χ3n) is 2.38. The summed E-state index contributed by atoms with van der Waals surface area (Å²) in [6.45, 7) is 0.223. The van der Waals surface area contributed by atoms with Gasteiger partial charge in [-0.05, 0) is 17.7 Å². The van der Waals surface area contributed by atoms with Gasteiger partial charge in [0, 0.05) is 13.3 Å². The summed E-state index contributed by atoms with van der Waals surface area (Å²) in [6.07, 6.45) is 2.74. The molecular formula is C12H13N3O3S. The quantitative estimate of drug-likeness (QED) is 0.895. The standard InChI is InChI=1S/C12H13N3O3S/c1-18-8-10-4-2-3-5-11(10)19(16,17)15-12-6-7-13-9-14-12/h2-7,9H,8H2,1H3,(H,13,14,15). The van der Waals surface area contributed by atoms with Crippen LogP contribution in [0.4, 0.5) is 5.82 Å². The van der Waals surface area contributed by atoms with Gasteiger partial charge in [-0.1, -0.05) is 18.2 Å². The van der Waals surface area contributed by atoms with Crippen LogP contribution in [0.2, 0.25) is 0 Å². The minimum atomic E-state index is -3.69. The number of nitrogens with one attached hydrogen (secondary N) is 1. The lowest BCUT2D eigenvalue weighted by molar-refractivity contribution is 0.182. The SMILES string of the molecule is COCc1ccccc1S(=O)(=O)Nc1ccncn1. The summed E-state index contributed by atoms with van der Waals surface area (Å²) in [5, 5.41) is 0. The van der Waals surface area contributed by atoms with Crippen LogP contribution in [0.1, 0.15) is 5.56 Å². The summed E-state index contributed by atoms with van der Waals surface area (Å²) in [6, 6.07) is 8.14. The first-order valence-electron chi connectivity index (χ1n) is 5.49. The van der Waals surface area contributed by atoms with Gasteiger partial charge in [0.1, 0.15) is 12.1 Å². The fourth-order valence-electron chi connectivity index (χ4n) is 1.58. The fourth-order valence-corrected chi connectivity index (χ4v) is 2.82. The van der Waals surface area contributed by atoms with Gasteiger partial charge in [0.15, 0.2) is 0 Å². The number of sulfonamides is 1. The Morgan fingerprint density at radius 2 is 2.05 bits per heavy atom. The molecule has 0 bridgehead atoms. The molecule has 0 atom stereocenters. The molecule has 0 spiro atoms. The Kier molecular flexibility index (Phi) is 4.08. The Hall–Kier alpha value is -1.99. The minimum Gasteiger partial charge on any atom is -0.380 e. The number of hydrogen-bond donors (Lipinski definition) is 1. The molecule has 0 amide bonds. The monoisotopic (exact) mass is 279 g/mol. The lowest BCUT2D eigenvalue weighted by Crippen LogP contribution is -2.16. The molecule has 1 aromatic heterocycles. The third kappa shape index (κ3) is 3.27. The van der Waals surface area contributed by atoms with Crippen molar-refractivity contribution in [1.82, 2.24) is 9.97 Å². The van der Waals surface area contributed by atoms with E-state index in [9.17, 15) is 8.42 Å². The molecule has 1 N–H and O–H groups in total. The van der Waals surface area contributed by atoms with Gasteiger partial charge in [-0.25, -0.2) is 18.4 Å². The van der Waals surface area contributed by atoms with Crippen LogP contribution in [0.15, 0.2) is 47.8 Å². The van der Waals surface area contributed by atoms with Gasteiger partial charge in [0.2, 0.25) is 0 Å². The normalized spacial score (nSPS) is 11.2. The van der Waals surface area contributed by atoms with E-state index in [4.69, 9.17) is 4.74 Å². The van der Waals surface area contributed by atoms with E-state index < -0.39 is 10.0 Å². The molecule has 0 fully saturated rings. The summed E-state index contributed by atoms with van der Waals surface area (Å²) in [5.74, 6) is 0.224. The molecule has 0 saturated carbocycles. The zero-order valence-corrected chi connectivity index (χ0v) is 11.1. The maximum Gasteiger partial charge on any atom is 0.263 e. The Morgan fingerprint density at radius 3 is 2.74 bits per heavy atom. The van der Waals surface area contributed by atoms with E-state index in [1.54, 1.807) is 18.2 Å². The molecule has 1 aromatic carbocycles. The molecule has 2 rings (SSSR count). The van der Waals surface area contributed by atoms with Crippen LogP contribution in [0.5, 0.6) is 0 Å². The van der Waals surface area contributed by atoms with Crippen LogP contribution < -0.4 is 4.72 Å². The Morgan fingerprint density at radius 1 is 1.26 bits per heavy atom. The minimum absolute atomic E-state index is 0.176. The number of rotatable bonds is 5. The maximum atomic E-state index is 12.3. The Balaban J connectivity index is 2.35. The average Bonchev–Trinajstić information content (AvgIpc) is 2.40. The summed E-state index contributed by atoms with van der Waals surface area (Å²) < 4.78 is 31.9. The van der Waals surface area contributed by atoms with Crippen molar-refractivity contribution < 1.29 is 13.2 Å². The Bertz CT molecular complexity index is 644. The molecule has 0 unspecified atom stereocenters. The number of aromatic nitrogens is 2. The molecule has 0 aliphatic carbocycles. The molecular weight excluding hydrogens is 266 g/mol. The molecule has 19 heavy (non-hydrogen) atoms.